The molecule has 0 amide bonds. The van der Waals surface area contributed by atoms with Crippen molar-refractivity contribution < 1.29 is 0 Å². The molecular formula is C11H11N5. The minimum absolute atomic E-state index is 0.413. The van der Waals surface area contributed by atoms with E-state index in [1.165, 1.54) is 0 Å². The van der Waals surface area contributed by atoms with Crippen molar-refractivity contribution in [1.29, 1.82) is 5.26 Å². The molecule has 0 atom stereocenters. The molecule has 0 aliphatic carbocycles. The molecule has 0 fully saturated rings. The summed E-state index contributed by atoms with van der Waals surface area (Å²) in [6, 6.07) is 7.31. The van der Waals surface area contributed by atoms with E-state index in [0.717, 1.165) is 5.56 Å². The summed E-state index contributed by atoms with van der Waals surface area (Å²) in [7, 11) is 1.87. The van der Waals surface area contributed by atoms with Gasteiger partial charge in [-0.05, 0) is 12.1 Å². The highest BCUT2D eigenvalue weighted by Gasteiger charge is 1.98. The van der Waals surface area contributed by atoms with E-state index in [4.69, 9.17) is 5.26 Å². The van der Waals surface area contributed by atoms with Gasteiger partial charge in [0.2, 0.25) is 0 Å². The number of aromatic nitrogens is 3. The SMILES string of the molecule is Cn1cc(CNc2cccc(C#N)n2)cn1. The summed E-state index contributed by atoms with van der Waals surface area (Å²) in [5, 5.41) is 15.9. The Bertz CT molecular complexity index is 523. The van der Waals surface area contributed by atoms with Crippen molar-refractivity contribution in [2.24, 2.45) is 7.05 Å². The van der Waals surface area contributed by atoms with Crippen molar-refractivity contribution >= 4 is 5.82 Å². The highest BCUT2D eigenvalue weighted by molar-refractivity contribution is 5.38. The first kappa shape index (κ1) is 10.2. The molecule has 5 heteroatoms. The molecule has 0 bridgehead atoms. The normalized spacial score (nSPS) is 9.75. The number of anilines is 1. The van der Waals surface area contributed by atoms with Crippen LogP contribution < -0.4 is 5.32 Å². The Hall–Kier alpha value is -2.35. The minimum Gasteiger partial charge on any atom is -0.366 e. The summed E-state index contributed by atoms with van der Waals surface area (Å²) in [5.74, 6) is 0.697. The summed E-state index contributed by atoms with van der Waals surface area (Å²) in [5.41, 5.74) is 1.49. The number of nitriles is 1. The van der Waals surface area contributed by atoms with Gasteiger partial charge >= 0.3 is 0 Å². The van der Waals surface area contributed by atoms with Crippen molar-refractivity contribution in [3.8, 4) is 6.07 Å². The Morgan fingerprint density at radius 1 is 1.50 bits per heavy atom. The molecule has 0 saturated heterocycles. The molecule has 5 nitrogen and oxygen atoms in total. The lowest BCUT2D eigenvalue weighted by molar-refractivity contribution is 0.767. The fourth-order valence-electron chi connectivity index (χ4n) is 1.35. The minimum atomic E-state index is 0.413. The Kier molecular flexibility index (Phi) is 2.83. The maximum Gasteiger partial charge on any atom is 0.142 e. The predicted octanol–water partition coefficient (Wildman–Crippen LogP) is 1.30. The van der Waals surface area contributed by atoms with Gasteiger partial charge in [0, 0.05) is 25.4 Å². The Morgan fingerprint density at radius 3 is 3.06 bits per heavy atom. The summed E-state index contributed by atoms with van der Waals surface area (Å²) in [6.45, 7) is 0.649. The first-order chi connectivity index (χ1) is 7.78. The van der Waals surface area contributed by atoms with Crippen molar-refractivity contribution in [2.45, 2.75) is 6.54 Å². The molecule has 2 rings (SSSR count). The molecule has 0 spiro atoms. The molecular weight excluding hydrogens is 202 g/mol. The Balaban J connectivity index is 2.02. The third kappa shape index (κ3) is 2.36. The molecule has 0 saturated carbocycles. The molecule has 2 aromatic rings. The maximum absolute atomic E-state index is 8.70. The average molecular weight is 213 g/mol. The van der Waals surface area contributed by atoms with Crippen LogP contribution in [0, 0.1) is 11.3 Å². The average Bonchev–Trinajstić information content (AvgIpc) is 2.73. The molecule has 1 N–H and O–H groups in total. The molecule has 2 heterocycles. The van der Waals surface area contributed by atoms with Gasteiger partial charge in [-0.2, -0.15) is 10.4 Å². The van der Waals surface area contributed by atoms with Crippen molar-refractivity contribution in [1.82, 2.24) is 14.8 Å². The van der Waals surface area contributed by atoms with E-state index in [-0.39, 0.29) is 0 Å². The zero-order chi connectivity index (χ0) is 11.4. The topological polar surface area (TPSA) is 66.5 Å². The fraction of sp³-hybridized carbons (Fsp3) is 0.182. The molecule has 0 aliphatic heterocycles. The van der Waals surface area contributed by atoms with E-state index in [0.29, 0.717) is 18.1 Å². The van der Waals surface area contributed by atoms with E-state index in [9.17, 15) is 0 Å². The highest BCUT2D eigenvalue weighted by Crippen LogP contribution is 2.06. The molecule has 0 aliphatic rings. The highest BCUT2D eigenvalue weighted by atomic mass is 15.2. The van der Waals surface area contributed by atoms with Gasteiger partial charge in [0.05, 0.1) is 6.20 Å². The van der Waals surface area contributed by atoms with Crippen LogP contribution in [-0.2, 0) is 13.6 Å². The number of nitrogens with one attached hydrogen (secondary N) is 1. The smallest absolute Gasteiger partial charge is 0.142 e. The molecule has 0 aromatic carbocycles. The molecule has 0 unspecified atom stereocenters. The fourth-order valence-corrected chi connectivity index (χ4v) is 1.35. The van der Waals surface area contributed by atoms with Crippen molar-refractivity contribution in [3.63, 3.8) is 0 Å². The number of aryl methyl sites for hydroxylation is 1. The largest absolute Gasteiger partial charge is 0.366 e. The van der Waals surface area contributed by atoms with Crippen LogP contribution in [0.25, 0.3) is 0 Å². The van der Waals surface area contributed by atoms with Gasteiger partial charge in [-0.1, -0.05) is 6.07 Å². The van der Waals surface area contributed by atoms with Crippen LogP contribution in [0.4, 0.5) is 5.82 Å². The second-order valence-electron chi connectivity index (χ2n) is 3.40. The quantitative estimate of drug-likeness (QED) is 0.834. The van der Waals surface area contributed by atoms with Crippen LogP contribution in [0.1, 0.15) is 11.3 Å². The van der Waals surface area contributed by atoms with Crippen molar-refractivity contribution in [3.05, 3.63) is 41.9 Å². The van der Waals surface area contributed by atoms with E-state index < -0.39 is 0 Å². The molecule has 0 radical (unpaired) electrons. The summed E-state index contributed by atoms with van der Waals surface area (Å²) < 4.78 is 1.75. The van der Waals surface area contributed by atoms with Crippen LogP contribution in [-0.4, -0.2) is 14.8 Å². The summed E-state index contributed by atoms with van der Waals surface area (Å²) in [6.07, 6.45) is 3.72. The Labute approximate surface area is 93.4 Å². The maximum atomic E-state index is 8.70. The van der Waals surface area contributed by atoms with Crippen LogP contribution in [0.5, 0.6) is 0 Å². The van der Waals surface area contributed by atoms with E-state index in [1.54, 1.807) is 23.0 Å². The lowest BCUT2D eigenvalue weighted by Crippen LogP contribution is -2.01. The van der Waals surface area contributed by atoms with Crippen molar-refractivity contribution in [2.75, 3.05) is 5.32 Å². The van der Waals surface area contributed by atoms with Gasteiger partial charge in [-0.15, -0.1) is 0 Å². The van der Waals surface area contributed by atoms with Gasteiger partial charge in [0.15, 0.2) is 0 Å². The first-order valence-corrected chi connectivity index (χ1v) is 4.86. The van der Waals surface area contributed by atoms with Crippen LogP contribution >= 0.6 is 0 Å². The van der Waals surface area contributed by atoms with Crippen LogP contribution in [0.2, 0.25) is 0 Å². The number of nitrogens with zero attached hydrogens (tertiary/aromatic N) is 4. The second kappa shape index (κ2) is 4.45. The zero-order valence-corrected chi connectivity index (χ0v) is 8.88. The third-order valence-electron chi connectivity index (χ3n) is 2.10. The van der Waals surface area contributed by atoms with E-state index >= 15 is 0 Å². The van der Waals surface area contributed by atoms with Gasteiger partial charge in [-0.3, -0.25) is 4.68 Å². The van der Waals surface area contributed by atoms with Crippen LogP contribution in [0.3, 0.4) is 0 Å². The number of hydrogen-bond acceptors (Lipinski definition) is 4. The summed E-state index contributed by atoms with van der Waals surface area (Å²) in [4.78, 5) is 4.11. The zero-order valence-electron chi connectivity index (χ0n) is 8.88. The van der Waals surface area contributed by atoms with Crippen LogP contribution in [0.15, 0.2) is 30.6 Å². The lowest BCUT2D eigenvalue weighted by Gasteiger charge is -2.03. The molecule has 16 heavy (non-hydrogen) atoms. The first-order valence-electron chi connectivity index (χ1n) is 4.86. The molecule has 80 valence electrons. The molecule has 2 aromatic heterocycles. The number of hydrogen-bond donors (Lipinski definition) is 1. The van der Waals surface area contributed by atoms with Gasteiger partial charge in [0.1, 0.15) is 17.6 Å². The number of rotatable bonds is 3. The van der Waals surface area contributed by atoms with Gasteiger partial charge < -0.3 is 5.32 Å². The van der Waals surface area contributed by atoms with Gasteiger partial charge in [0.25, 0.3) is 0 Å². The standard InChI is InChI=1S/C11H11N5/c1-16-8-9(7-14-16)6-13-11-4-2-3-10(5-12)15-11/h2-4,7-8H,6H2,1H3,(H,13,15). The Morgan fingerprint density at radius 2 is 2.38 bits per heavy atom. The lowest BCUT2D eigenvalue weighted by atomic mass is 10.3. The number of pyridine rings is 1. The van der Waals surface area contributed by atoms with E-state index in [1.807, 2.05) is 25.4 Å². The van der Waals surface area contributed by atoms with Gasteiger partial charge in [-0.25, -0.2) is 4.98 Å². The predicted molar refractivity (Wildman–Crippen MR) is 59.5 cm³/mol. The summed E-state index contributed by atoms with van der Waals surface area (Å²) >= 11 is 0. The van der Waals surface area contributed by atoms with E-state index in [2.05, 4.69) is 15.4 Å². The second-order valence-corrected chi connectivity index (χ2v) is 3.40. The third-order valence-corrected chi connectivity index (χ3v) is 2.10. The monoisotopic (exact) mass is 213 g/mol.